The van der Waals surface area contributed by atoms with E-state index >= 15 is 0 Å². The Kier molecular flexibility index (Phi) is 2.21. The molecule has 1 heteroatoms. The average molecular weight is 133 g/mol. The summed E-state index contributed by atoms with van der Waals surface area (Å²) in [6, 6.07) is 3.96. The molecule has 0 saturated heterocycles. The van der Waals surface area contributed by atoms with Crippen molar-refractivity contribution < 1.29 is 0 Å². The summed E-state index contributed by atoms with van der Waals surface area (Å²) >= 11 is 0. The zero-order chi connectivity index (χ0) is 7.40. The fraction of sp³-hybridized carbons (Fsp3) is 0.222. The number of pyridine rings is 1. The molecule has 0 aromatic carbocycles. The van der Waals surface area contributed by atoms with E-state index in [1.165, 1.54) is 11.1 Å². The lowest BCUT2D eigenvalue weighted by molar-refractivity contribution is 1.23. The molecule has 0 N–H and O–H groups in total. The molecule has 0 aliphatic carbocycles. The number of hydrogen-bond acceptors (Lipinski definition) is 1. The predicted octanol–water partition coefficient (Wildman–Crippen LogP) is 2.50. The molecule has 52 valence electrons. The highest BCUT2D eigenvalue weighted by Crippen LogP contribution is 2.12. The maximum Gasteiger partial charge on any atom is 0.0273 e. The smallest absolute Gasteiger partial charge is 0.0273 e. The zero-order valence-corrected chi connectivity index (χ0v) is 6.17. The van der Waals surface area contributed by atoms with Gasteiger partial charge in [0.2, 0.25) is 0 Å². The molecule has 0 amide bonds. The van der Waals surface area contributed by atoms with Crippen LogP contribution >= 0.6 is 0 Å². The second-order valence-electron chi connectivity index (χ2n) is 2.19. The Morgan fingerprint density at radius 1 is 1.50 bits per heavy atom. The van der Waals surface area contributed by atoms with Crippen LogP contribution in [0.2, 0.25) is 0 Å². The molecule has 0 spiro atoms. The van der Waals surface area contributed by atoms with Crippen molar-refractivity contribution in [1.29, 1.82) is 0 Å². The molecular formula is C9H11N. The van der Waals surface area contributed by atoms with E-state index in [0.29, 0.717) is 0 Å². The van der Waals surface area contributed by atoms with Crippen LogP contribution < -0.4 is 0 Å². The molecule has 0 unspecified atom stereocenters. The molecular weight excluding hydrogens is 122 g/mol. The van der Waals surface area contributed by atoms with Crippen molar-refractivity contribution >= 4 is 5.57 Å². The van der Waals surface area contributed by atoms with E-state index < -0.39 is 0 Å². The molecule has 10 heavy (non-hydrogen) atoms. The molecule has 1 nitrogen and oxygen atoms in total. The Morgan fingerprint density at radius 2 is 2.10 bits per heavy atom. The molecule has 0 fully saturated rings. The van der Waals surface area contributed by atoms with Gasteiger partial charge in [0, 0.05) is 12.4 Å². The van der Waals surface area contributed by atoms with Gasteiger partial charge in [-0.2, -0.15) is 0 Å². The number of allylic oxidation sites excluding steroid dienone is 1. The van der Waals surface area contributed by atoms with E-state index in [-0.39, 0.29) is 0 Å². The lowest BCUT2D eigenvalue weighted by atomic mass is 10.1. The van der Waals surface area contributed by atoms with Crippen LogP contribution in [0.3, 0.4) is 0 Å². The Balaban J connectivity index is 2.85. The summed E-state index contributed by atoms with van der Waals surface area (Å²) in [4.78, 5) is 3.92. The predicted molar refractivity (Wildman–Crippen MR) is 43.6 cm³/mol. The molecule has 0 saturated carbocycles. The van der Waals surface area contributed by atoms with Gasteiger partial charge in [-0.05, 0) is 29.7 Å². The first-order valence-corrected chi connectivity index (χ1v) is 3.42. The fourth-order valence-electron chi connectivity index (χ4n) is 0.792. The topological polar surface area (TPSA) is 12.9 Å². The van der Waals surface area contributed by atoms with Crippen molar-refractivity contribution in [2.45, 2.75) is 13.3 Å². The summed E-state index contributed by atoms with van der Waals surface area (Å²) in [7, 11) is 0. The first kappa shape index (κ1) is 7.00. The van der Waals surface area contributed by atoms with Crippen LogP contribution in [0.25, 0.3) is 5.57 Å². The van der Waals surface area contributed by atoms with Gasteiger partial charge in [-0.1, -0.05) is 13.5 Å². The Labute approximate surface area is 61.4 Å². The highest BCUT2D eigenvalue weighted by molar-refractivity contribution is 5.62. The van der Waals surface area contributed by atoms with Gasteiger partial charge in [-0.25, -0.2) is 0 Å². The minimum Gasteiger partial charge on any atom is -0.265 e. The van der Waals surface area contributed by atoms with Crippen molar-refractivity contribution in [1.82, 2.24) is 4.98 Å². The molecule has 0 radical (unpaired) electrons. The number of hydrogen-bond donors (Lipinski definition) is 0. The van der Waals surface area contributed by atoms with Crippen molar-refractivity contribution in [2.75, 3.05) is 0 Å². The Hall–Kier alpha value is -1.11. The number of rotatable bonds is 2. The van der Waals surface area contributed by atoms with Gasteiger partial charge in [0.25, 0.3) is 0 Å². The molecule has 0 aliphatic rings. The lowest BCUT2D eigenvalue weighted by Gasteiger charge is -1.99. The van der Waals surface area contributed by atoms with E-state index in [0.717, 1.165) is 6.42 Å². The van der Waals surface area contributed by atoms with Crippen LogP contribution in [0.15, 0.2) is 31.1 Å². The monoisotopic (exact) mass is 133 g/mol. The lowest BCUT2D eigenvalue weighted by Crippen LogP contribution is -1.79. The highest BCUT2D eigenvalue weighted by Gasteiger charge is 1.91. The van der Waals surface area contributed by atoms with Crippen LogP contribution in [0.4, 0.5) is 0 Å². The second kappa shape index (κ2) is 3.16. The van der Waals surface area contributed by atoms with Gasteiger partial charge in [0.15, 0.2) is 0 Å². The summed E-state index contributed by atoms with van der Waals surface area (Å²) in [6.07, 6.45) is 4.58. The third-order valence-corrected chi connectivity index (χ3v) is 1.52. The van der Waals surface area contributed by atoms with E-state index in [1.54, 1.807) is 12.4 Å². The van der Waals surface area contributed by atoms with Gasteiger partial charge in [-0.15, -0.1) is 0 Å². The third-order valence-electron chi connectivity index (χ3n) is 1.52. The summed E-state index contributed by atoms with van der Waals surface area (Å²) in [5, 5.41) is 0. The van der Waals surface area contributed by atoms with Crippen LogP contribution in [0.5, 0.6) is 0 Å². The van der Waals surface area contributed by atoms with E-state index in [4.69, 9.17) is 0 Å². The summed E-state index contributed by atoms with van der Waals surface area (Å²) < 4.78 is 0. The van der Waals surface area contributed by atoms with Gasteiger partial charge in [0.1, 0.15) is 0 Å². The molecule has 1 aromatic heterocycles. The number of nitrogens with zero attached hydrogens (tertiary/aromatic N) is 1. The minimum absolute atomic E-state index is 1.00. The van der Waals surface area contributed by atoms with Gasteiger partial charge in [0.05, 0.1) is 0 Å². The summed E-state index contributed by atoms with van der Waals surface area (Å²) in [6.45, 7) is 6.02. The SMILES string of the molecule is C=C(CC)c1ccncc1. The van der Waals surface area contributed by atoms with Crippen LogP contribution in [-0.4, -0.2) is 4.98 Å². The highest BCUT2D eigenvalue weighted by atomic mass is 14.6. The largest absolute Gasteiger partial charge is 0.265 e. The van der Waals surface area contributed by atoms with Crippen molar-refractivity contribution in [3.8, 4) is 0 Å². The van der Waals surface area contributed by atoms with Crippen molar-refractivity contribution in [3.05, 3.63) is 36.7 Å². The van der Waals surface area contributed by atoms with Crippen molar-refractivity contribution in [2.24, 2.45) is 0 Å². The second-order valence-corrected chi connectivity index (χ2v) is 2.19. The quantitative estimate of drug-likeness (QED) is 0.604. The summed E-state index contributed by atoms with van der Waals surface area (Å²) in [5.41, 5.74) is 2.36. The van der Waals surface area contributed by atoms with Gasteiger partial charge in [-0.3, -0.25) is 4.98 Å². The van der Waals surface area contributed by atoms with E-state index in [2.05, 4.69) is 18.5 Å². The first-order valence-electron chi connectivity index (χ1n) is 3.42. The first-order chi connectivity index (χ1) is 4.84. The van der Waals surface area contributed by atoms with E-state index in [1.807, 2.05) is 12.1 Å². The molecule has 1 aromatic rings. The minimum atomic E-state index is 1.00. The standard InChI is InChI=1S/C9H11N/c1-3-8(2)9-4-6-10-7-5-9/h4-7H,2-3H2,1H3. The maximum absolute atomic E-state index is 3.92. The molecule has 1 heterocycles. The Morgan fingerprint density at radius 3 is 2.60 bits per heavy atom. The molecule has 0 aliphatic heterocycles. The van der Waals surface area contributed by atoms with Crippen molar-refractivity contribution in [3.63, 3.8) is 0 Å². The van der Waals surface area contributed by atoms with E-state index in [9.17, 15) is 0 Å². The fourth-order valence-corrected chi connectivity index (χ4v) is 0.792. The van der Waals surface area contributed by atoms with Gasteiger partial charge >= 0.3 is 0 Å². The summed E-state index contributed by atoms with van der Waals surface area (Å²) in [5.74, 6) is 0. The normalized spacial score (nSPS) is 9.30. The zero-order valence-electron chi connectivity index (χ0n) is 6.17. The third kappa shape index (κ3) is 1.44. The van der Waals surface area contributed by atoms with Crippen LogP contribution in [-0.2, 0) is 0 Å². The molecule has 0 bridgehead atoms. The number of aromatic nitrogens is 1. The average Bonchev–Trinajstić information content (AvgIpc) is 2.05. The molecule has 1 rings (SSSR count). The van der Waals surface area contributed by atoms with Gasteiger partial charge < -0.3 is 0 Å². The van der Waals surface area contributed by atoms with Crippen LogP contribution in [0, 0.1) is 0 Å². The Bertz CT molecular complexity index is 213. The maximum atomic E-state index is 3.92. The molecule has 0 atom stereocenters. The van der Waals surface area contributed by atoms with Crippen LogP contribution in [0.1, 0.15) is 18.9 Å².